The highest BCUT2D eigenvalue weighted by atomic mass is 16.5. The Morgan fingerprint density at radius 2 is 2.43 bits per heavy atom. The van der Waals surface area contributed by atoms with Crippen LogP contribution in [0.2, 0.25) is 0 Å². The molecule has 1 amide bonds. The van der Waals surface area contributed by atoms with Crippen molar-refractivity contribution in [2.45, 2.75) is 26.1 Å². The lowest BCUT2D eigenvalue weighted by Crippen LogP contribution is -2.47. The van der Waals surface area contributed by atoms with Crippen LogP contribution in [-0.4, -0.2) is 56.8 Å². The Balaban J connectivity index is 1.62. The van der Waals surface area contributed by atoms with Crippen LogP contribution in [0.3, 0.4) is 0 Å². The van der Waals surface area contributed by atoms with Gasteiger partial charge in [0.05, 0.1) is 19.3 Å². The average molecular weight is 317 g/mol. The first-order valence-electron chi connectivity index (χ1n) is 7.49. The van der Waals surface area contributed by atoms with Crippen molar-refractivity contribution in [1.29, 1.82) is 0 Å². The Kier molecular flexibility index (Phi) is 4.52. The predicted molar refractivity (Wildman–Crippen MR) is 80.7 cm³/mol. The van der Waals surface area contributed by atoms with E-state index in [0.29, 0.717) is 31.3 Å². The predicted octanol–water partition coefficient (Wildman–Crippen LogP) is 0.876. The number of ether oxygens (including phenoxy) is 2. The van der Waals surface area contributed by atoms with Crippen molar-refractivity contribution in [3.8, 4) is 5.75 Å². The molecule has 122 valence electrons. The Morgan fingerprint density at radius 1 is 1.57 bits per heavy atom. The zero-order chi connectivity index (χ0) is 16.2. The summed E-state index contributed by atoms with van der Waals surface area (Å²) < 4.78 is 11.3. The third-order valence-electron chi connectivity index (χ3n) is 3.58. The molecular formula is C15H19N5O3. The molecule has 8 heteroatoms. The van der Waals surface area contributed by atoms with Gasteiger partial charge in [0, 0.05) is 12.7 Å². The second kappa shape index (κ2) is 6.74. The number of morpholine rings is 1. The first-order valence-corrected chi connectivity index (χ1v) is 7.49. The van der Waals surface area contributed by atoms with Gasteiger partial charge in [-0.2, -0.15) is 5.10 Å². The molecule has 0 aromatic carbocycles. The van der Waals surface area contributed by atoms with E-state index in [1.54, 1.807) is 36.4 Å². The van der Waals surface area contributed by atoms with Gasteiger partial charge in [0.1, 0.15) is 17.7 Å². The number of pyridine rings is 1. The molecule has 0 spiro atoms. The first kappa shape index (κ1) is 15.4. The lowest BCUT2D eigenvalue weighted by molar-refractivity contribution is -0.146. The Bertz CT molecular complexity index is 660. The lowest BCUT2D eigenvalue weighted by Gasteiger charge is -2.33. The zero-order valence-corrected chi connectivity index (χ0v) is 13.1. The number of nitrogens with zero attached hydrogens (tertiary/aromatic N) is 4. The van der Waals surface area contributed by atoms with Crippen molar-refractivity contribution in [3.05, 3.63) is 36.2 Å². The van der Waals surface area contributed by atoms with E-state index in [1.165, 1.54) is 0 Å². The van der Waals surface area contributed by atoms with Gasteiger partial charge in [-0.25, -0.2) is 4.98 Å². The molecule has 0 bridgehead atoms. The number of H-pyrrole nitrogens is 1. The Hall–Kier alpha value is -2.48. The van der Waals surface area contributed by atoms with Crippen LogP contribution in [-0.2, 0) is 9.53 Å². The molecule has 2 atom stereocenters. The Labute approximate surface area is 133 Å². The van der Waals surface area contributed by atoms with Crippen LogP contribution < -0.4 is 4.74 Å². The van der Waals surface area contributed by atoms with E-state index >= 15 is 0 Å². The van der Waals surface area contributed by atoms with Gasteiger partial charge in [0.15, 0.2) is 11.9 Å². The van der Waals surface area contributed by atoms with E-state index < -0.39 is 6.10 Å². The number of hydrogen-bond acceptors (Lipinski definition) is 6. The molecule has 1 aliphatic rings. The molecule has 2 aromatic heterocycles. The molecule has 0 radical (unpaired) electrons. The fourth-order valence-electron chi connectivity index (χ4n) is 2.44. The molecular weight excluding hydrogens is 298 g/mol. The van der Waals surface area contributed by atoms with Crippen molar-refractivity contribution in [2.24, 2.45) is 0 Å². The number of aromatic amines is 1. The molecule has 3 rings (SSSR count). The zero-order valence-electron chi connectivity index (χ0n) is 13.1. The molecule has 0 saturated carbocycles. The molecule has 3 heterocycles. The molecule has 1 saturated heterocycles. The molecule has 1 fully saturated rings. The molecule has 23 heavy (non-hydrogen) atoms. The Morgan fingerprint density at radius 3 is 3.13 bits per heavy atom. The SMILES string of the molecule is Cc1nc([C@@H]2CN(C(=O)[C@H](C)Oc3cccnc3)CCO2)n[nH]1. The second-order valence-electron chi connectivity index (χ2n) is 5.37. The van der Waals surface area contributed by atoms with Crippen LogP contribution in [0.1, 0.15) is 24.7 Å². The third-order valence-corrected chi connectivity index (χ3v) is 3.58. The number of aromatic nitrogens is 4. The number of aryl methyl sites for hydroxylation is 1. The van der Waals surface area contributed by atoms with Gasteiger partial charge in [-0.1, -0.05) is 0 Å². The fourth-order valence-corrected chi connectivity index (χ4v) is 2.44. The van der Waals surface area contributed by atoms with Crippen LogP contribution in [0.4, 0.5) is 0 Å². The second-order valence-corrected chi connectivity index (χ2v) is 5.37. The van der Waals surface area contributed by atoms with Gasteiger partial charge in [-0.05, 0) is 26.0 Å². The minimum atomic E-state index is -0.591. The fraction of sp³-hybridized carbons (Fsp3) is 0.467. The molecule has 1 N–H and O–H groups in total. The van der Waals surface area contributed by atoms with Crippen molar-refractivity contribution < 1.29 is 14.3 Å². The summed E-state index contributed by atoms with van der Waals surface area (Å²) in [5.74, 6) is 1.78. The van der Waals surface area contributed by atoms with E-state index in [-0.39, 0.29) is 12.0 Å². The standard InChI is InChI=1S/C15H19N5O3/c1-10(23-12-4-3-5-16-8-12)15(21)20-6-7-22-13(9-20)14-17-11(2)18-19-14/h3-5,8,10,13H,6-7,9H2,1-2H3,(H,17,18,19)/t10-,13-/m0/s1. The smallest absolute Gasteiger partial charge is 0.263 e. The van der Waals surface area contributed by atoms with Gasteiger partial charge >= 0.3 is 0 Å². The minimum absolute atomic E-state index is 0.0885. The summed E-state index contributed by atoms with van der Waals surface area (Å²) in [6.07, 6.45) is 2.34. The van der Waals surface area contributed by atoms with Gasteiger partial charge in [-0.3, -0.25) is 14.9 Å². The summed E-state index contributed by atoms with van der Waals surface area (Å²) in [5, 5.41) is 6.90. The van der Waals surface area contributed by atoms with Crippen LogP contribution >= 0.6 is 0 Å². The summed E-state index contributed by atoms with van der Waals surface area (Å²) in [6, 6.07) is 3.54. The van der Waals surface area contributed by atoms with Crippen molar-refractivity contribution in [2.75, 3.05) is 19.7 Å². The van der Waals surface area contributed by atoms with Gasteiger partial charge in [0.2, 0.25) is 0 Å². The number of carbonyl (C=O) groups excluding carboxylic acids is 1. The molecule has 2 aromatic rings. The monoisotopic (exact) mass is 317 g/mol. The highest BCUT2D eigenvalue weighted by Crippen LogP contribution is 2.20. The normalized spacial score (nSPS) is 19.4. The molecule has 8 nitrogen and oxygen atoms in total. The van der Waals surface area contributed by atoms with Gasteiger partial charge in [0.25, 0.3) is 5.91 Å². The summed E-state index contributed by atoms with van der Waals surface area (Å²) in [4.78, 5) is 22.5. The maximum Gasteiger partial charge on any atom is 0.263 e. The van der Waals surface area contributed by atoms with E-state index in [4.69, 9.17) is 9.47 Å². The largest absolute Gasteiger partial charge is 0.479 e. The summed E-state index contributed by atoms with van der Waals surface area (Å²) in [5.41, 5.74) is 0. The van der Waals surface area contributed by atoms with E-state index in [9.17, 15) is 4.79 Å². The number of rotatable bonds is 4. The number of carbonyl (C=O) groups is 1. The van der Waals surface area contributed by atoms with E-state index in [0.717, 1.165) is 5.82 Å². The minimum Gasteiger partial charge on any atom is -0.479 e. The number of amides is 1. The van der Waals surface area contributed by atoms with E-state index in [1.807, 2.05) is 6.92 Å². The van der Waals surface area contributed by atoms with Crippen LogP contribution in [0.5, 0.6) is 5.75 Å². The lowest BCUT2D eigenvalue weighted by atomic mass is 10.2. The van der Waals surface area contributed by atoms with Gasteiger partial charge in [-0.15, -0.1) is 0 Å². The van der Waals surface area contributed by atoms with Crippen LogP contribution in [0.15, 0.2) is 24.5 Å². The molecule has 0 aliphatic carbocycles. The first-order chi connectivity index (χ1) is 11.1. The summed E-state index contributed by atoms with van der Waals surface area (Å²) in [6.45, 7) is 4.95. The average Bonchev–Trinajstić information content (AvgIpc) is 3.02. The highest BCUT2D eigenvalue weighted by molar-refractivity contribution is 5.81. The number of hydrogen-bond donors (Lipinski definition) is 1. The highest BCUT2D eigenvalue weighted by Gasteiger charge is 2.30. The summed E-state index contributed by atoms with van der Waals surface area (Å²) >= 11 is 0. The summed E-state index contributed by atoms with van der Waals surface area (Å²) in [7, 11) is 0. The number of nitrogens with one attached hydrogen (secondary N) is 1. The van der Waals surface area contributed by atoms with Crippen molar-refractivity contribution in [3.63, 3.8) is 0 Å². The van der Waals surface area contributed by atoms with Crippen molar-refractivity contribution >= 4 is 5.91 Å². The molecule has 0 unspecified atom stereocenters. The quantitative estimate of drug-likeness (QED) is 0.899. The third kappa shape index (κ3) is 3.65. The van der Waals surface area contributed by atoms with E-state index in [2.05, 4.69) is 20.2 Å². The topological polar surface area (TPSA) is 93.2 Å². The van der Waals surface area contributed by atoms with Crippen LogP contribution in [0, 0.1) is 6.92 Å². The van der Waals surface area contributed by atoms with Crippen molar-refractivity contribution in [1.82, 2.24) is 25.1 Å². The molecule has 1 aliphatic heterocycles. The van der Waals surface area contributed by atoms with Crippen LogP contribution in [0.25, 0.3) is 0 Å². The van der Waals surface area contributed by atoms with Gasteiger partial charge < -0.3 is 14.4 Å². The maximum atomic E-state index is 12.6. The maximum absolute atomic E-state index is 12.6.